The van der Waals surface area contributed by atoms with Crippen LogP contribution < -0.4 is 5.32 Å². The van der Waals surface area contributed by atoms with Gasteiger partial charge in [-0.2, -0.15) is 0 Å². The molecule has 1 aliphatic rings. The Bertz CT molecular complexity index is 909. The Morgan fingerprint density at radius 3 is 2.60 bits per heavy atom. The molecule has 1 saturated heterocycles. The van der Waals surface area contributed by atoms with Crippen LogP contribution in [0.5, 0.6) is 0 Å². The molecule has 9 nitrogen and oxygen atoms in total. The number of nitrogens with one attached hydrogen (secondary N) is 1. The summed E-state index contributed by atoms with van der Waals surface area (Å²) < 4.78 is 5.37. The first-order valence-electron chi connectivity index (χ1n) is 9.75. The number of nitrogens with zero attached hydrogens (tertiary/aromatic N) is 4. The number of amides is 2. The molecule has 30 heavy (non-hydrogen) atoms. The molecule has 0 aromatic carbocycles. The Morgan fingerprint density at radius 2 is 2.03 bits per heavy atom. The maximum Gasteiger partial charge on any atom is 0.411 e. The summed E-state index contributed by atoms with van der Waals surface area (Å²) in [6, 6.07) is -1.22. The second-order valence-corrected chi connectivity index (χ2v) is 9.22. The second-order valence-electron chi connectivity index (χ2n) is 8.36. The lowest BCUT2D eigenvalue weighted by molar-refractivity contribution is -0.126. The van der Waals surface area contributed by atoms with Crippen molar-refractivity contribution < 1.29 is 19.4 Å². The third kappa shape index (κ3) is 5.11. The number of hydrogen-bond acceptors (Lipinski definition) is 8. The number of ether oxygens (including phenoxy) is 1. The average molecular weight is 434 g/mol. The Labute approximate surface area is 179 Å². The number of rotatable bonds is 4. The highest BCUT2D eigenvalue weighted by Gasteiger charge is 2.41. The number of aliphatic hydroxyl groups is 1. The molecule has 0 bridgehead atoms. The predicted molar refractivity (Wildman–Crippen MR) is 112 cm³/mol. The van der Waals surface area contributed by atoms with E-state index in [0.29, 0.717) is 5.69 Å². The Kier molecular flexibility index (Phi) is 6.37. The van der Waals surface area contributed by atoms with Gasteiger partial charge < -0.3 is 15.2 Å². The molecular formula is C20H27N5O4S. The van der Waals surface area contributed by atoms with Crippen LogP contribution in [0.15, 0.2) is 17.9 Å². The number of thiazole rings is 1. The molecule has 1 fully saturated rings. The van der Waals surface area contributed by atoms with E-state index in [0.717, 1.165) is 16.3 Å². The molecule has 162 valence electrons. The van der Waals surface area contributed by atoms with Gasteiger partial charge in [0, 0.05) is 6.42 Å². The first-order chi connectivity index (χ1) is 14.0. The second kappa shape index (κ2) is 8.65. The van der Waals surface area contributed by atoms with Gasteiger partial charge in [-0.05, 0) is 34.6 Å². The van der Waals surface area contributed by atoms with Gasteiger partial charge >= 0.3 is 6.09 Å². The third-order valence-electron chi connectivity index (χ3n) is 4.66. The zero-order chi connectivity index (χ0) is 22.1. The fraction of sp³-hybridized carbons (Fsp3) is 0.550. The third-order valence-corrected chi connectivity index (χ3v) is 5.61. The standard InChI is InChI=1S/C20H27N5O4S/c1-11(14-7-22-15(8-21-14)17-12(2)23-10-30-17)24-18(27)16-6-13(26)9-25(16)19(28)29-20(3,4)5/h7-8,10-11,13,16,26H,6,9H2,1-5H3,(H,24,27)/t11-,13-,16+/m1/s1. The van der Waals surface area contributed by atoms with E-state index >= 15 is 0 Å². The number of aromatic nitrogens is 3. The Hall–Kier alpha value is -2.59. The van der Waals surface area contributed by atoms with Crippen molar-refractivity contribution in [2.45, 2.75) is 64.8 Å². The van der Waals surface area contributed by atoms with E-state index in [9.17, 15) is 14.7 Å². The lowest BCUT2D eigenvalue weighted by Gasteiger charge is -2.28. The molecule has 0 saturated carbocycles. The van der Waals surface area contributed by atoms with E-state index in [1.165, 1.54) is 16.2 Å². The van der Waals surface area contributed by atoms with Gasteiger partial charge in [-0.1, -0.05) is 0 Å². The summed E-state index contributed by atoms with van der Waals surface area (Å²) in [5.74, 6) is -0.367. The Morgan fingerprint density at radius 1 is 1.30 bits per heavy atom. The lowest BCUT2D eigenvalue weighted by atomic mass is 10.1. The fourth-order valence-corrected chi connectivity index (χ4v) is 3.96. The summed E-state index contributed by atoms with van der Waals surface area (Å²) in [6.07, 6.45) is 2.05. The smallest absolute Gasteiger partial charge is 0.411 e. The van der Waals surface area contributed by atoms with Crippen molar-refractivity contribution in [2.75, 3.05) is 6.54 Å². The van der Waals surface area contributed by atoms with Crippen LogP contribution in [0.2, 0.25) is 0 Å². The van der Waals surface area contributed by atoms with Crippen LogP contribution >= 0.6 is 11.3 Å². The first-order valence-corrected chi connectivity index (χ1v) is 10.6. The molecule has 0 spiro atoms. The van der Waals surface area contributed by atoms with Crippen LogP contribution in [-0.4, -0.2) is 61.3 Å². The molecule has 2 N–H and O–H groups in total. The zero-order valence-corrected chi connectivity index (χ0v) is 18.6. The molecule has 0 unspecified atom stereocenters. The molecule has 3 heterocycles. The van der Waals surface area contributed by atoms with Crippen LogP contribution in [-0.2, 0) is 9.53 Å². The van der Waals surface area contributed by atoms with Gasteiger partial charge in [0.15, 0.2) is 0 Å². The average Bonchev–Trinajstić information content (AvgIpc) is 3.26. The molecule has 3 rings (SSSR count). The van der Waals surface area contributed by atoms with Crippen LogP contribution in [0.3, 0.4) is 0 Å². The van der Waals surface area contributed by atoms with Gasteiger partial charge in [-0.3, -0.25) is 19.7 Å². The maximum absolute atomic E-state index is 12.8. The summed E-state index contributed by atoms with van der Waals surface area (Å²) in [4.78, 5) is 40.6. The van der Waals surface area contributed by atoms with Gasteiger partial charge in [0.05, 0.1) is 52.9 Å². The Balaban J connectivity index is 1.66. The number of aliphatic hydroxyl groups excluding tert-OH is 1. The van der Waals surface area contributed by atoms with E-state index in [1.54, 1.807) is 45.6 Å². The topological polar surface area (TPSA) is 118 Å². The van der Waals surface area contributed by atoms with Crippen molar-refractivity contribution in [1.82, 2.24) is 25.2 Å². The van der Waals surface area contributed by atoms with Crippen molar-refractivity contribution in [3.8, 4) is 10.6 Å². The quantitative estimate of drug-likeness (QED) is 0.760. The van der Waals surface area contributed by atoms with E-state index in [-0.39, 0.29) is 18.9 Å². The summed E-state index contributed by atoms with van der Waals surface area (Å²) in [7, 11) is 0. The predicted octanol–water partition coefficient (Wildman–Crippen LogP) is 2.46. The molecule has 3 atom stereocenters. The summed E-state index contributed by atoms with van der Waals surface area (Å²) in [5.41, 5.74) is 3.29. The van der Waals surface area contributed by atoms with Gasteiger partial charge in [0.1, 0.15) is 17.3 Å². The number of carbonyl (C=O) groups is 2. The van der Waals surface area contributed by atoms with E-state index < -0.39 is 29.9 Å². The summed E-state index contributed by atoms with van der Waals surface area (Å²) in [6.45, 7) is 9.03. The van der Waals surface area contributed by atoms with Crippen LogP contribution in [0, 0.1) is 6.92 Å². The lowest BCUT2D eigenvalue weighted by Crippen LogP contribution is -2.48. The largest absolute Gasteiger partial charge is 0.444 e. The van der Waals surface area contributed by atoms with Gasteiger partial charge in [0.2, 0.25) is 5.91 Å². The summed E-state index contributed by atoms with van der Waals surface area (Å²) in [5, 5.41) is 12.9. The van der Waals surface area contributed by atoms with Crippen LogP contribution in [0.25, 0.3) is 10.6 Å². The van der Waals surface area contributed by atoms with Crippen molar-refractivity contribution in [1.29, 1.82) is 0 Å². The minimum Gasteiger partial charge on any atom is -0.444 e. The van der Waals surface area contributed by atoms with Crippen molar-refractivity contribution in [3.05, 3.63) is 29.3 Å². The summed E-state index contributed by atoms with van der Waals surface area (Å²) >= 11 is 1.49. The number of aryl methyl sites for hydroxylation is 1. The molecule has 2 aromatic heterocycles. The normalized spacial score (nSPS) is 20.1. The van der Waals surface area contributed by atoms with Crippen molar-refractivity contribution >= 4 is 23.3 Å². The van der Waals surface area contributed by atoms with Gasteiger partial charge in [-0.15, -0.1) is 11.3 Å². The first kappa shape index (κ1) is 22.1. The zero-order valence-electron chi connectivity index (χ0n) is 17.7. The highest BCUT2D eigenvalue weighted by atomic mass is 32.1. The minimum atomic E-state index is -0.802. The highest BCUT2D eigenvalue weighted by Crippen LogP contribution is 2.26. The van der Waals surface area contributed by atoms with E-state index in [1.807, 2.05) is 6.92 Å². The number of hydrogen-bond donors (Lipinski definition) is 2. The van der Waals surface area contributed by atoms with E-state index in [2.05, 4.69) is 20.3 Å². The van der Waals surface area contributed by atoms with Crippen LogP contribution in [0.4, 0.5) is 4.79 Å². The molecule has 2 aromatic rings. The molecule has 1 aliphatic heterocycles. The van der Waals surface area contributed by atoms with Crippen molar-refractivity contribution in [2.24, 2.45) is 0 Å². The van der Waals surface area contributed by atoms with E-state index in [4.69, 9.17) is 4.74 Å². The highest BCUT2D eigenvalue weighted by molar-refractivity contribution is 7.13. The molecule has 10 heteroatoms. The fourth-order valence-electron chi connectivity index (χ4n) is 3.19. The molecule has 0 aliphatic carbocycles. The number of β-amino-alcohol motifs (C(OH)–C–C–N with tert-alkyl or cyclic N) is 1. The SMILES string of the molecule is Cc1ncsc1-c1cnc([C@@H](C)NC(=O)[C@@H]2C[C@@H](O)CN2C(=O)OC(C)(C)C)cn1. The molecule has 0 radical (unpaired) electrons. The van der Waals surface area contributed by atoms with Crippen molar-refractivity contribution in [3.63, 3.8) is 0 Å². The molecular weight excluding hydrogens is 406 g/mol. The number of likely N-dealkylation sites (tertiary alicyclic amines) is 1. The van der Waals surface area contributed by atoms with Gasteiger partial charge in [0.25, 0.3) is 0 Å². The maximum atomic E-state index is 12.8. The van der Waals surface area contributed by atoms with Gasteiger partial charge in [-0.25, -0.2) is 9.78 Å². The van der Waals surface area contributed by atoms with Crippen LogP contribution in [0.1, 0.15) is 51.5 Å². The molecule has 2 amide bonds. The minimum absolute atomic E-state index is 0.0596. The number of carbonyl (C=O) groups excluding carboxylic acids is 2. The monoisotopic (exact) mass is 433 g/mol.